The van der Waals surface area contributed by atoms with E-state index in [1.165, 1.54) is 0 Å². The molecule has 0 N–H and O–H groups in total. The van der Waals surface area contributed by atoms with Gasteiger partial charge < -0.3 is 9.64 Å². The zero-order chi connectivity index (χ0) is 24.9. The number of hydrogen-bond acceptors (Lipinski definition) is 5. The van der Waals surface area contributed by atoms with Crippen LogP contribution < -0.4 is 0 Å². The third-order valence-electron chi connectivity index (χ3n) is 5.85. The number of ether oxygens (including phenoxy) is 1. The summed E-state index contributed by atoms with van der Waals surface area (Å²) in [5.41, 5.74) is 2.58. The molecule has 0 radical (unpaired) electrons. The van der Waals surface area contributed by atoms with Crippen LogP contribution in [0.5, 0.6) is 0 Å². The minimum atomic E-state index is -0.647. The van der Waals surface area contributed by atoms with Gasteiger partial charge in [-0.15, -0.1) is 0 Å². The zero-order valence-electron chi connectivity index (χ0n) is 19.6. The quantitative estimate of drug-likeness (QED) is 0.366. The predicted molar refractivity (Wildman–Crippen MR) is 129 cm³/mol. The molecule has 1 aliphatic heterocycles. The fourth-order valence-electron chi connectivity index (χ4n) is 3.99. The highest BCUT2D eigenvalue weighted by atomic mass is 16.5. The molecule has 178 valence electrons. The number of carbonyl (C=O) groups is 4. The molecule has 7 nitrogen and oxygen atoms in total. The van der Waals surface area contributed by atoms with Gasteiger partial charge in [-0.3, -0.25) is 19.3 Å². The van der Waals surface area contributed by atoms with Crippen molar-refractivity contribution in [1.82, 2.24) is 9.80 Å². The van der Waals surface area contributed by atoms with Crippen LogP contribution >= 0.6 is 0 Å². The Kier molecular flexibility index (Phi) is 7.06. The van der Waals surface area contributed by atoms with Gasteiger partial charge in [0.15, 0.2) is 6.61 Å². The molecule has 1 aliphatic rings. The van der Waals surface area contributed by atoms with E-state index in [1.54, 1.807) is 53.4 Å². The molecular weight excluding hydrogens is 444 g/mol. The Morgan fingerprint density at radius 1 is 0.829 bits per heavy atom. The van der Waals surface area contributed by atoms with Gasteiger partial charge in [-0.05, 0) is 49.2 Å². The second-order valence-corrected chi connectivity index (χ2v) is 8.62. The summed E-state index contributed by atoms with van der Waals surface area (Å²) in [5.74, 6) is -1.67. The van der Waals surface area contributed by atoms with Crippen LogP contribution in [0.2, 0.25) is 0 Å². The molecule has 3 amide bonds. The van der Waals surface area contributed by atoms with E-state index in [-0.39, 0.29) is 42.5 Å². The first-order chi connectivity index (χ1) is 16.8. The molecule has 3 aromatic carbocycles. The van der Waals surface area contributed by atoms with Crippen molar-refractivity contribution in [2.45, 2.75) is 33.0 Å². The lowest BCUT2D eigenvalue weighted by atomic mass is 10.1. The number of carbonyl (C=O) groups excluding carboxylic acids is 4. The molecular formula is C28H26N2O5. The SMILES string of the molecule is CC(C)N(Cc1ccccc1)C(=O)COC(=O)c1cccc(CN2C(=O)c3ccccc3C2=O)c1. The lowest BCUT2D eigenvalue weighted by Crippen LogP contribution is -2.39. The summed E-state index contributed by atoms with van der Waals surface area (Å²) in [6, 6.07) is 22.7. The standard InChI is InChI=1S/C28H26N2O5/c1-19(2)29(16-20-9-4-3-5-10-20)25(31)18-35-28(34)22-12-8-11-21(15-22)17-30-26(32)23-13-6-7-14-24(23)27(30)33/h3-15,19H,16-18H2,1-2H3. The predicted octanol–water partition coefficient (Wildman–Crippen LogP) is 4.08. The van der Waals surface area contributed by atoms with E-state index in [4.69, 9.17) is 4.74 Å². The number of nitrogens with zero attached hydrogens (tertiary/aromatic N) is 2. The maximum Gasteiger partial charge on any atom is 0.338 e. The number of imide groups is 1. The summed E-state index contributed by atoms with van der Waals surface area (Å²) >= 11 is 0. The van der Waals surface area contributed by atoms with Crippen molar-refractivity contribution in [3.8, 4) is 0 Å². The van der Waals surface area contributed by atoms with Crippen LogP contribution in [-0.2, 0) is 22.6 Å². The molecule has 0 atom stereocenters. The van der Waals surface area contributed by atoms with Gasteiger partial charge in [0.05, 0.1) is 23.2 Å². The summed E-state index contributed by atoms with van der Waals surface area (Å²) in [7, 11) is 0. The average molecular weight is 471 g/mol. The van der Waals surface area contributed by atoms with Gasteiger partial charge in [0.2, 0.25) is 0 Å². The van der Waals surface area contributed by atoms with Gasteiger partial charge in [-0.2, -0.15) is 0 Å². The van der Waals surface area contributed by atoms with Crippen molar-refractivity contribution in [3.63, 3.8) is 0 Å². The molecule has 35 heavy (non-hydrogen) atoms. The maximum absolute atomic E-state index is 12.8. The summed E-state index contributed by atoms with van der Waals surface area (Å²) in [4.78, 5) is 53.5. The summed E-state index contributed by atoms with van der Waals surface area (Å²) in [6.07, 6.45) is 0. The minimum Gasteiger partial charge on any atom is -0.452 e. The minimum absolute atomic E-state index is 0.0323. The van der Waals surface area contributed by atoms with E-state index in [1.807, 2.05) is 44.2 Å². The van der Waals surface area contributed by atoms with Crippen molar-refractivity contribution >= 4 is 23.7 Å². The van der Waals surface area contributed by atoms with Crippen LogP contribution in [-0.4, -0.2) is 46.1 Å². The third kappa shape index (κ3) is 5.30. The van der Waals surface area contributed by atoms with Crippen LogP contribution in [0.3, 0.4) is 0 Å². The van der Waals surface area contributed by atoms with Crippen molar-refractivity contribution in [2.24, 2.45) is 0 Å². The van der Waals surface area contributed by atoms with Gasteiger partial charge >= 0.3 is 5.97 Å². The second-order valence-electron chi connectivity index (χ2n) is 8.62. The zero-order valence-corrected chi connectivity index (χ0v) is 19.6. The number of amides is 3. The van der Waals surface area contributed by atoms with Gasteiger partial charge in [-0.1, -0.05) is 54.6 Å². The molecule has 0 unspecified atom stereocenters. The molecule has 0 spiro atoms. The Hall–Kier alpha value is -4.26. The smallest absolute Gasteiger partial charge is 0.338 e. The van der Waals surface area contributed by atoms with Crippen LogP contribution in [0.4, 0.5) is 0 Å². The highest BCUT2D eigenvalue weighted by molar-refractivity contribution is 6.21. The molecule has 0 bridgehead atoms. The topological polar surface area (TPSA) is 84.0 Å². The highest BCUT2D eigenvalue weighted by Crippen LogP contribution is 2.24. The monoisotopic (exact) mass is 470 g/mol. The highest BCUT2D eigenvalue weighted by Gasteiger charge is 2.35. The Morgan fingerprint density at radius 3 is 2.06 bits per heavy atom. The summed E-state index contributed by atoms with van der Waals surface area (Å²) < 4.78 is 5.30. The normalized spacial score (nSPS) is 12.6. The van der Waals surface area contributed by atoms with Crippen molar-refractivity contribution in [3.05, 3.63) is 107 Å². The number of benzene rings is 3. The fourth-order valence-corrected chi connectivity index (χ4v) is 3.99. The molecule has 0 aliphatic carbocycles. The summed E-state index contributed by atoms with van der Waals surface area (Å²) in [5, 5.41) is 0. The van der Waals surface area contributed by atoms with Gasteiger partial charge in [0, 0.05) is 12.6 Å². The Morgan fingerprint density at radius 2 is 1.43 bits per heavy atom. The Labute approximate surface area is 203 Å². The molecule has 0 aromatic heterocycles. The van der Waals surface area contributed by atoms with E-state index in [0.29, 0.717) is 23.2 Å². The van der Waals surface area contributed by atoms with Gasteiger partial charge in [0.1, 0.15) is 0 Å². The van der Waals surface area contributed by atoms with Crippen LogP contribution in [0.15, 0.2) is 78.9 Å². The van der Waals surface area contributed by atoms with E-state index in [0.717, 1.165) is 10.5 Å². The van der Waals surface area contributed by atoms with Crippen LogP contribution in [0.25, 0.3) is 0 Å². The Balaban J connectivity index is 1.39. The molecule has 0 fully saturated rings. The molecule has 3 aromatic rings. The molecule has 0 saturated carbocycles. The van der Waals surface area contributed by atoms with E-state index in [2.05, 4.69) is 0 Å². The lowest BCUT2D eigenvalue weighted by Gasteiger charge is -2.26. The number of esters is 1. The van der Waals surface area contributed by atoms with Crippen molar-refractivity contribution in [2.75, 3.05) is 6.61 Å². The van der Waals surface area contributed by atoms with E-state index < -0.39 is 5.97 Å². The second kappa shape index (κ2) is 10.3. The number of fused-ring (bicyclic) bond motifs is 1. The molecule has 0 saturated heterocycles. The Bertz CT molecular complexity index is 1230. The van der Waals surface area contributed by atoms with Gasteiger partial charge in [0.25, 0.3) is 17.7 Å². The first-order valence-electron chi connectivity index (χ1n) is 11.4. The average Bonchev–Trinajstić information content (AvgIpc) is 3.11. The number of hydrogen-bond donors (Lipinski definition) is 0. The fraction of sp³-hybridized carbons (Fsp3) is 0.214. The van der Waals surface area contributed by atoms with Gasteiger partial charge in [-0.25, -0.2) is 4.79 Å². The lowest BCUT2D eigenvalue weighted by molar-refractivity contribution is -0.136. The van der Waals surface area contributed by atoms with Crippen LogP contribution in [0.1, 0.15) is 56.0 Å². The summed E-state index contributed by atoms with van der Waals surface area (Å²) in [6.45, 7) is 3.89. The maximum atomic E-state index is 12.8. The first-order valence-corrected chi connectivity index (χ1v) is 11.4. The van der Waals surface area contributed by atoms with Crippen molar-refractivity contribution < 1.29 is 23.9 Å². The van der Waals surface area contributed by atoms with E-state index >= 15 is 0 Å². The molecule has 4 rings (SSSR count). The molecule has 7 heteroatoms. The number of rotatable bonds is 8. The largest absolute Gasteiger partial charge is 0.452 e. The third-order valence-corrected chi connectivity index (χ3v) is 5.85. The first kappa shape index (κ1) is 23.9. The van der Waals surface area contributed by atoms with Crippen LogP contribution in [0, 0.1) is 0 Å². The van der Waals surface area contributed by atoms with E-state index in [9.17, 15) is 19.2 Å². The van der Waals surface area contributed by atoms with Crippen molar-refractivity contribution in [1.29, 1.82) is 0 Å². The molecule has 1 heterocycles.